The number of nitrogens with one attached hydrogen (secondary N) is 1. The number of ether oxygens (including phenoxy) is 1. The van der Waals surface area contributed by atoms with Crippen LogP contribution in [0.4, 0.5) is 13.2 Å². The Labute approximate surface area is 140 Å². The van der Waals surface area contributed by atoms with Crippen molar-refractivity contribution in [2.45, 2.75) is 18.3 Å². The van der Waals surface area contributed by atoms with Crippen molar-refractivity contribution in [3.63, 3.8) is 0 Å². The summed E-state index contributed by atoms with van der Waals surface area (Å²) >= 11 is 0. The molecule has 0 spiro atoms. The molecule has 2 aromatic rings. The molecule has 0 radical (unpaired) electrons. The molecule has 0 aliphatic rings. The maximum Gasteiger partial charge on any atom is 0.422 e. The molecule has 0 fully saturated rings. The number of alkyl halides is 3. The lowest BCUT2D eigenvalue weighted by Crippen LogP contribution is -2.52. The summed E-state index contributed by atoms with van der Waals surface area (Å²) < 4.78 is 47.0. The Morgan fingerprint density at radius 2 is 1.54 bits per heavy atom. The summed E-state index contributed by atoms with van der Waals surface area (Å²) in [6.45, 7) is 3.20. The largest absolute Gasteiger partial charge is 0.422 e. The van der Waals surface area contributed by atoms with Crippen LogP contribution >= 0.6 is 0 Å². The Morgan fingerprint density at radius 1 is 0.958 bits per heavy atom. The molecule has 0 unspecified atom stereocenters. The smallest absolute Gasteiger partial charge is 0.356 e. The molecule has 0 saturated heterocycles. The molecule has 24 heavy (non-hydrogen) atoms. The highest BCUT2D eigenvalue weighted by Gasteiger charge is 2.57. The molecule has 1 atom stereocenters. The molecule has 1 N–H and O–H groups in total. The first kappa shape index (κ1) is 18.2. The van der Waals surface area contributed by atoms with Gasteiger partial charge < -0.3 is 10.1 Å². The zero-order valence-electron chi connectivity index (χ0n) is 13.2. The minimum Gasteiger partial charge on any atom is -0.356 e. The topological polar surface area (TPSA) is 21.3 Å². The van der Waals surface area contributed by atoms with E-state index in [0.717, 1.165) is 5.56 Å². The summed E-state index contributed by atoms with van der Waals surface area (Å²) in [4.78, 5) is 0. The molecule has 0 bridgehead atoms. The fraction of sp³-hybridized carbons (Fsp3) is 0.263. The van der Waals surface area contributed by atoms with Gasteiger partial charge in [0.25, 0.3) is 0 Å². The van der Waals surface area contributed by atoms with Gasteiger partial charge in [-0.25, -0.2) is 0 Å². The molecular formula is C19H20F3NO. The van der Waals surface area contributed by atoms with Gasteiger partial charge in [0.1, 0.15) is 0 Å². The molecule has 0 aliphatic carbocycles. The van der Waals surface area contributed by atoms with Gasteiger partial charge in [-0.2, -0.15) is 13.2 Å². The van der Waals surface area contributed by atoms with Gasteiger partial charge in [-0.1, -0.05) is 66.7 Å². The Balaban J connectivity index is 2.25. The molecule has 0 amide bonds. The standard InChI is InChI=1S/C19H20F3NO/c1-2-13-24-18(19(20,21)22,17-11-7-4-8-12-17)15-23-14-16-9-5-3-6-10-16/h2-12,23H,1,13-15H2/t18-/m0/s1. The number of halogens is 3. The van der Waals surface area contributed by atoms with E-state index in [1.54, 1.807) is 18.2 Å². The fourth-order valence-electron chi connectivity index (χ4n) is 2.47. The monoisotopic (exact) mass is 335 g/mol. The average molecular weight is 335 g/mol. The number of benzene rings is 2. The van der Waals surface area contributed by atoms with E-state index in [1.807, 2.05) is 30.3 Å². The van der Waals surface area contributed by atoms with E-state index in [-0.39, 0.29) is 18.7 Å². The van der Waals surface area contributed by atoms with E-state index in [4.69, 9.17) is 4.74 Å². The highest BCUT2D eigenvalue weighted by Crippen LogP contribution is 2.42. The first-order valence-corrected chi connectivity index (χ1v) is 7.61. The number of hydrogen-bond donors (Lipinski definition) is 1. The fourth-order valence-corrected chi connectivity index (χ4v) is 2.47. The Hall–Kier alpha value is -2.11. The summed E-state index contributed by atoms with van der Waals surface area (Å²) in [5.41, 5.74) is -1.44. The van der Waals surface area contributed by atoms with Crippen LogP contribution in [0.2, 0.25) is 0 Å². The number of rotatable bonds is 8. The summed E-state index contributed by atoms with van der Waals surface area (Å²) in [5, 5.41) is 2.88. The second-order valence-electron chi connectivity index (χ2n) is 5.38. The molecule has 5 heteroatoms. The molecule has 0 aliphatic heterocycles. The zero-order valence-corrected chi connectivity index (χ0v) is 13.2. The van der Waals surface area contributed by atoms with Crippen LogP contribution in [0.15, 0.2) is 73.3 Å². The van der Waals surface area contributed by atoms with E-state index in [9.17, 15) is 13.2 Å². The summed E-state index contributed by atoms with van der Waals surface area (Å²) in [5.74, 6) is 0. The summed E-state index contributed by atoms with van der Waals surface area (Å²) in [6.07, 6.45) is -3.25. The maximum atomic E-state index is 13.9. The van der Waals surface area contributed by atoms with Crippen molar-refractivity contribution in [1.29, 1.82) is 0 Å². The average Bonchev–Trinajstić information content (AvgIpc) is 2.58. The lowest BCUT2D eigenvalue weighted by atomic mass is 9.92. The molecule has 2 rings (SSSR count). The van der Waals surface area contributed by atoms with E-state index < -0.39 is 11.8 Å². The third-order valence-electron chi connectivity index (χ3n) is 3.69. The Bertz CT molecular complexity index is 628. The van der Waals surface area contributed by atoms with Crippen molar-refractivity contribution in [3.8, 4) is 0 Å². The van der Waals surface area contributed by atoms with Crippen LogP contribution in [0, 0.1) is 0 Å². The summed E-state index contributed by atoms with van der Waals surface area (Å²) in [6, 6.07) is 17.0. The van der Waals surface area contributed by atoms with Gasteiger partial charge >= 0.3 is 6.18 Å². The summed E-state index contributed by atoms with van der Waals surface area (Å²) in [7, 11) is 0. The third kappa shape index (κ3) is 4.24. The molecular weight excluding hydrogens is 315 g/mol. The minimum absolute atomic E-state index is 0.0694. The van der Waals surface area contributed by atoms with Crippen molar-refractivity contribution in [2.24, 2.45) is 0 Å². The van der Waals surface area contributed by atoms with E-state index in [1.165, 1.54) is 18.2 Å². The van der Waals surface area contributed by atoms with Crippen LogP contribution < -0.4 is 5.32 Å². The van der Waals surface area contributed by atoms with Crippen molar-refractivity contribution in [3.05, 3.63) is 84.4 Å². The third-order valence-corrected chi connectivity index (χ3v) is 3.69. The number of hydrogen-bond acceptors (Lipinski definition) is 2. The van der Waals surface area contributed by atoms with Crippen LogP contribution in [0.3, 0.4) is 0 Å². The second-order valence-corrected chi connectivity index (χ2v) is 5.38. The minimum atomic E-state index is -4.57. The van der Waals surface area contributed by atoms with Gasteiger partial charge in [0.2, 0.25) is 5.60 Å². The van der Waals surface area contributed by atoms with Gasteiger partial charge in [-0.05, 0) is 11.1 Å². The van der Waals surface area contributed by atoms with Gasteiger partial charge in [0, 0.05) is 13.1 Å². The highest BCUT2D eigenvalue weighted by molar-refractivity contribution is 5.26. The van der Waals surface area contributed by atoms with E-state index >= 15 is 0 Å². The maximum absolute atomic E-state index is 13.9. The normalized spacial score (nSPS) is 14.1. The molecule has 0 saturated carbocycles. The van der Waals surface area contributed by atoms with Crippen LogP contribution in [0.5, 0.6) is 0 Å². The molecule has 128 valence electrons. The lowest BCUT2D eigenvalue weighted by Gasteiger charge is -2.36. The predicted octanol–water partition coefficient (Wildman–Crippen LogP) is 4.44. The Kier molecular flexibility index (Phi) is 6.17. The van der Waals surface area contributed by atoms with Crippen LogP contribution in [-0.2, 0) is 16.9 Å². The van der Waals surface area contributed by atoms with Gasteiger partial charge in [-0.3, -0.25) is 0 Å². The molecule has 2 nitrogen and oxygen atoms in total. The van der Waals surface area contributed by atoms with Gasteiger partial charge in [0.05, 0.1) is 6.61 Å². The SMILES string of the molecule is C=CCO[C@@](CNCc1ccccc1)(c1ccccc1)C(F)(F)F. The quantitative estimate of drug-likeness (QED) is 0.720. The molecule has 0 aromatic heterocycles. The van der Waals surface area contributed by atoms with Gasteiger partial charge in [-0.15, -0.1) is 6.58 Å². The van der Waals surface area contributed by atoms with Crippen molar-refractivity contribution >= 4 is 0 Å². The zero-order chi connectivity index (χ0) is 17.5. The van der Waals surface area contributed by atoms with Crippen LogP contribution in [-0.4, -0.2) is 19.3 Å². The highest BCUT2D eigenvalue weighted by atomic mass is 19.4. The van der Waals surface area contributed by atoms with E-state index in [0.29, 0.717) is 6.54 Å². The van der Waals surface area contributed by atoms with Crippen molar-refractivity contribution in [2.75, 3.05) is 13.2 Å². The first-order chi connectivity index (χ1) is 11.5. The van der Waals surface area contributed by atoms with Crippen LogP contribution in [0.1, 0.15) is 11.1 Å². The first-order valence-electron chi connectivity index (χ1n) is 7.61. The van der Waals surface area contributed by atoms with Gasteiger partial charge in [0.15, 0.2) is 0 Å². The van der Waals surface area contributed by atoms with Crippen LogP contribution in [0.25, 0.3) is 0 Å². The van der Waals surface area contributed by atoms with E-state index in [2.05, 4.69) is 11.9 Å². The molecule has 0 heterocycles. The Morgan fingerprint density at radius 3 is 2.08 bits per heavy atom. The molecule has 2 aromatic carbocycles. The lowest BCUT2D eigenvalue weighted by molar-refractivity contribution is -0.280. The second kappa shape index (κ2) is 8.13. The van der Waals surface area contributed by atoms with Crippen molar-refractivity contribution in [1.82, 2.24) is 5.32 Å². The van der Waals surface area contributed by atoms with Crippen molar-refractivity contribution < 1.29 is 17.9 Å². The predicted molar refractivity (Wildman–Crippen MR) is 88.5 cm³/mol.